The van der Waals surface area contributed by atoms with Crippen molar-refractivity contribution in [3.8, 4) is 0 Å². The standard InChI is InChI=1S/C61H108O12/c1-4-7-10-13-16-19-22-24-26-27-29-30-33-35-38-41-44-47-53(62)69-50-52(71-54(63)48-45-42-39-36-32-21-18-15-12-9-6-3)51-70-61-59(57(66)56(65)58(73-61)60(67)68)72-55(64)49-46-43-40-37-34-31-28-25-23-20-17-14-11-8-5-2/h8,11,17,20,25,28,52,56-59,61,65-66H,4-7,9-10,12-16,18-19,21-24,26-27,29-51H2,1-3H3,(H,67,68)/b11-8-,20-17-,28-25-. The minimum Gasteiger partial charge on any atom is -0.479 e. The van der Waals surface area contributed by atoms with Crippen molar-refractivity contribution in [3.63, 3.8) is 0 Å². The predicted octanol–water partition coefficient (Wildman–Crippen LogP) is 15.2. The molecule has 1 heterocycles. The van der Waals surface area contributed by atoms with E-state index in [2.05, 4.69) is 57.2 Å². The van der Waals surface area contributed by atoms with E-state index in [-0.39, 0.29) is 25.9 Å². The number of hydrogen-bond donors (Lipinski definition) is 3. The van der Waals surface area contributed by atoms with Crippen LogP contribution < -0.4 is 0 Å². The van der Waals surface area contributed by atoms with Crippen LogP contribution in [0.25, 0.3) is 0 Å². The van der Waals surface area contributed by atoms with Crippen LogP contribution in [0.1, 0.15) is 278 Å². The van der Waals surface area contributed by atoms with Gasteiger partial charge in [0.15, 0.2) is 24.6 Å². The van der Waals surface area contributed by atoms with Crippen molar-refractivity contribution < 1.29 is 58.2 Å². The molecule has 6 unspecified atom stereocenters. The second-order valence-corrected chi connectivity index (χ2v) is 20.6. The molecule has 0 bridgehead atoms. The molecule has 0 spiro atoms. The van der Waals surface area contributed by atoms with Crippen LogP contribution in [0.4, 0.5) is 0 Å². The SMILES string of the molecule is CC/C=C\C/C=C\C/C=C\CCCCCCCC(=O)OC1C(OCC(COC(=O)CCCCCCCCCCCCCCCCCCC)OC(=O)CCCCCCCCCCCCC)OC(C(=O)O)C(O)C1O. The third-order valence-electron chi connectivity index (χ3n) is 13.7. The highest BCUT2D eigenvalue weighted by atomic mass is 16.7. The van der Waals surface area contributed by atoms with Crippen molar-refractivity contribution in [2.24, 2.45) is 0 Å². The van der Waals surface area contributed by atoms with E-state index in [1.165, 1.54) is 128 Å². The van der Waals surface area contributed by atoms with E-state index >= 15 is 0 Å². The summed E-state index contributed by atoms with van der Waals surface area (Å²) in [6, 6.07) is 0. The molecular weight excluding hydrogens is 925 g/mol. The maximum absolute atomic E-state index is 13.1. The Morgan fingerprint density at radius 1 is 0.466 bits per heavy atom. The molecule has 0 aromatic carbocycles. The van der Waals surface area contributed by atoms with Crippen LogP contribution in [0.2, 0.25) is 0 Å². The Hall–Kier alpha value is -3.06. The van der Waals surface area contributed by atoms with Gasteiger partial charge in [-0.1, -0.05) is 243 Å². The molecule has 1 saturated heterocycles. The molecule has 6 atom stereocenters. The highest BCUT2D eigenvalue weighted by Crippen LogP contribution is 2.27. The second-order valence-electron chi connectivity index (χ2n) is 20.6. The van der Waals surface area contributed by atoms with Crippen LogP contribution in [0.5, 0.6) is 0 Å². The van der Waals surface area contributed by atoms with E-state index in [0.717, 1.165) is 89.9 Å². The average Bonchev–Trinajstić information content (AvgIpc) is 3.37. The Morgan fingerprint density at radius 2 is 0.863 bits per heavy atom. The molecule has 3 N–H and O–H groups in total. The van der Waals surface area contributed by atoms with Crippen molar-refractivity contribution in [2.45, 2.75) is 314 Å². The van der Waals surface area contributed by atoms with Crippen LogP contribution in [-0.2, 0) is 42.9 Å². The number of carbonyl (C=O) groups excluding carboxylic acids is 3. The van der Waals surface area contributed by atoms with Crippen molar-refractivity contribution in [2.75, 3.05) is 13.2 Å². The largest absolute Gasteiger partial charge is 0.479 e. The number of carboxylic acids is 1. The number of rotatable bonds is 51. The lowest BCUT2D eigenvalue weighted by Crippen LogP contribution is -2.61. The number of aliphatic hydroxyl groups is 2. The maximum atomic E-state index is 13.1. The normalized spacial score (nSPS) is 18.5. The van der Waals surface area contributed by atoms with E-state index in [0.29, 0.717) is 19.3 Å². The molecule has 0 aromatic heterocycles. The van der Waals surface area contributed by atoms with Gasteiger partial charge in [-0.25, -0.2) is 4.79 Å². The number of carbonyl (C=O) groups is 4. The summed E-state index contributed by atoms with van der Waals surface area (Å²) < 4.78 is 28.4. The van der Waals surface area contributed by atoms with Gasteiger partial charge < -0.3 is 39.0 Å². The van der Waals surface area contributed by atoms with E-state index in [1.807, 2.05) is 0 Å². The Balaban J connectivity index is 2.66. The first-order chi connectivity index (χ1) is 35.6. The zero-order valence-electron chi connectivity index (χ0n) is 46.6. The Morgan fingerprint density at radius 3 is 1.32 bits per heavy atom. The lowest BCUT2D eigenvalue weighted by atomic mass is 9.98. The maximum Gasteiger partial charge on any atom is 0.335 e. The third-order valence-corrected chi connectivity index (χ3v) is 13.7. The summed E-state index contributed by atoms with van der Waals surface area (Å²) in [5.41, 5.74) is 0. The van der Waals surface area contributed by atoms with Crippen LogP contribution in [0.3, 0.4) is 0 Å². The first-order valence-corrected chi connectivity index (χ1v) is 30.0. The van der Waals surface area contributed by atoms with Crippen LogP contribution in [0.15, 0.2) is 36.5 Å². The van der Waals surface area contributed by atoms with E-state index in [1.54, 1.807) is 0 Å². The summed E-state index contributed by atoms with van der Waals surface area (Å²) >= 11 is 0. The van der Waals surface area contributed by atoms with Gasteiger partial charge in [0.05, 0.1) is 6.61 Å². The molecule has 0 radical (unpaired) electrons. The monoisotopic (exact) mass is 1030 g/mol. The van der Waals surface area contributed by atoms with Crippen molar-refractivity contribution >= 4 is 23.9 Å². The molecule has 12 nitrogen and oxygen atoms in total. The van der Waals surface area contributed by atoms with Gasteiger partial charge in [0.1, 0.15) is 18.8 Å². The summed E-state index contributed by atoms with van der Waals surface area (Å²) in [6.45, 7) is 5.89. The van der Waals surface area contributed by atoms with Crippen LogP contribution >= 0.6 is 0 Å². The smallest absolute Gasteiger partial charge is 0.335 e. The number of carboxylic acid groups (broad SMARTS) is 1. The minimum atomic E-state index is -1.90. The molecule has 0 amide bonds. The molecule has 73 heavy (non-hydrogen) atoms. The number of unbranched alkanes of at least 4 members (excludes halogenated alkanes) is 31. The van der Waals surface area contributed by atoms with Gasteiger partial charge in [-0.15, -0.1) is 0 Å². The minimum absolute atomic E-state index is 0.0444. The van der Waals surface area contributed by atoms with Gasteiger partial charge in [-0.3, -0.25) is 14.4 Å². The lowest BCUT2D eigenvalue weighted by Gasteiger charge is -2.40. The van der Waals surface area contributed by atoms with E-state index in [9.17, 15) is 34.5 Å². The molecule has 0 aliphatic carbocycles. The summed E-state index contributed by atoms with van der Waals surface area (Å²) in [6.07, 6.45) is 45.5. The Kier molecular flexibility index (Phi) is 46.4. The van der Waals surface area contributed by atoms with E-state index < -0.39 is 67.3 Å². The first kappa shape index (κ1) is 68.0. The molecule has 1 aliphatic heterocycles. The highest BCUT2D eigenvalue weighted by molar-refractivity contribution is 5.74. The fourth-order valence-corrected chi connectivity index (χ4v) is 9.15. The lowest BCUT2D eigenvalue weighted by molar-refractivity contribution is -0.301. The van der Waals surface area contributed by atoms with Gasteiger partial charge in [-0.2, -0.15) is 0 Å². The zero-order valence-corrected chi connectivity index (χ0v) is 46.6. The number of aliphatic carboxylic acids is 1. The molecule has 12 heteroatoms. The Bertz CT molecular complexity index is 1410. The third kappa shape index (κ3) is 39.9. The van der Waals surface area contributed by atoms with Gasteiger partial charge in [-0.05, 0) is 51.4 Å². The number of ether oxygens (including phenoxy) is 5. The Labute approximate surface area is 444 Å². The molecule has 1 fully saturated rings. The molecule has 0 saturated carbocycles. The molecule has 1 aliphatic rings. The van der Waals surface area contributed by atoms with Crippen molar-refractivity contribution in [3.05, 3.63) is 36.5 Å². The van der Waals surface area contributed by atoms with Crippen molar-refractivity contribution in [1.29, 1.82) is 0 Å². The topological polar surface area (TPSA) is 175 Å². The number of aliphatic hydroxyl groups excluding tert-OH is 2. The fourth-order valence-electron chi connectivity index (χ4n) is 9.15. The number of hydrogen-bond acceptors (Lipinski definition) is 11. The fraction of sp³-hybridized carbons (Fsp3) is 0.836. The van der Waals surface area contributed by atoms with Gasteiger partial charge >= 0.3 is 23.9 Å². The molecule has 0 aromatic rings. The quantitative estimate of drug-likeness (QED) is 0.0228. The van der Waals surface area contributed by atoms with E-state index in [4.69, 9.17) is 23.7 Å². The molecule has 1 rings (SSSR count). The summed E-state index contributed by atoms with van der Waals surface area (Å²) in [5.74, 6) is -3.11. The van der Waals surface area contributed by atoms with Crippen LogP contribution in [-0.4, -0.2) is 89.2 Å². The second kappa shape index (κ2) is 49.8. The first-order valence-electron chi connectivity index (χ1n) is 30.0. The number of allylic oxidation sites excluding steroid dienone is 6. The summed E-state index contributed by atoms with van der Waals surface area (Å²) in [4.78, 5) is 51.1. The highest BCUT2D eigenvalue weighted by Gasteiger charge is 2.50. The predicted molar refractivity (Wildman–Crippen MR) is 294 cm³/mol. The summed E-state index contributed by atoms with van der Waals surface area (Å²) in [5, 5.41) is 31.4. The molecule has 424 valence electrons. The van der Waals surface area contributed by atoms with Gasteiger partial charge in [0, 0.05) is 19.3 Å². The van der Waals surface area contributed by atoms with Gasteiger partial charge in [0.2, 0.25) is 0 Å². The number of esters is 3. The van der Waals surface area contributed by atoms with Crippen molar-refractivity contribution in [1.82, 2.24) is 0 Å². The van der Waals surface area contributed by atoms with Gasteiger partial charge in [0.25, 0.3) is 0 Å². The summed E-state index contributed by atoms with van der Waals surface area (Å²) in [7, 11) is 0. The molecular formula is C61H108O12. The van der Waals surface area contributed by atoms with Crippen LogP contribution in [0, 0.1) is 0 Å². The average molecular weight is 1030 g/mol. The zero-order chi connectivity index (χ0) is 53.3.